The average Bonchev–Trinajstić information content (AvgIpc) is 3.02. The third kappa shape index (κ3) is 2.53. The number of hydrogen-bond acceptors (Lipinski definition) is 4. The molecular formula is C12H8BrCl2N3OS. The maximum atomic E-state index is 6.25. The molecule has 3 rings (SSSR count). The molecule has 0 bridgehead atoms. The molecule has 1 aromatic heterocycles. The summed E-state index contributed by atoms with van der Waals surface area (Å²) in [4.78, 5) is 0. The van der Waals surface area contributed by atoms with Gasteiger partial charge in [-0.2, -0.15) is 8.73 Å². The van der Waals surface area contributed by atoms with E-state index in [1.807, 2.05) is 19.1 Å². The lowest BCUT2D eigenvalue weighted by Gasteiger charge is -2.16. The fourth-order valence-corrected chi connectivity index (χ4v) is 3.35. The van der Waals surface area contributed by atoms with E-state index in [2.05, 4.69) is 30.0 Å². The number of hydrogen-bond donors (Lipinski definition) is 1. The molecule has 2 aromatic rings. The number of halogens is 3. The molecule has 104 valence electrons. The first kappa shape index (κ1) is 14.1. The minimum Gasteiger partial charge on any atom is -0.452 e. The molecule has 0 aliphatic carbocycles. The zero-order chi connectivity index (χ0) is 14.3. The smallest absolute Gasteiger partial charge is 0.169 e. The first-order chi connectivity index (χ1) is 9.56. The molecule has 0 amide bonds. The molecule has 0 saturated carbocycles. The van der Waals surface area contributed by atoms with Crippen LogP contribution in [0.4, 0.5) is 17.1 Å². The van der Waals surface area contributed by atoms with Gasteiger partial charge in [-0.05, 0) is 41.1 Å². The zero-order valence-corrected chi connectivity index (χ0v) is 14.1. The van der Waals surface area contributed by atoms with Gasteiger partial charge < -0.3 is 9.73 Å². The lowest BCUT2D eigenvalue weighted by atomic mass is 10.2. The summed E-state index contributed by atoms with van der Waals surface area (Å²) >= 11 is 16.7. The van der Waals surface area contributed by atoms with Gasteiger partial charge in [0.05, 0.1) is 33.1 Å². The fraction of sp³-hybridized carbons (Fsp3) is 0.167. The summed E-state index contributed by atoms with van der Waals surface area (Å²) < 4.78 is 14.6. The molecule has 1 atom stereocenters. The first-order valence-electron chi connectivity index (χ1n) is 5.68. The summed E-state index contributed by atoms with van der Waals surface area (Å²) in [5.41, 5.74) is 2.03. The second kappa shape index (κ2) is 5.52. The van der Waals surface area contributed by atoms with Crippen molar-refractivity contribution in [3.63, 3.8) is 0 Å². The average molecular weight is 393 g/mol. The molecule has 1 aromatic carbocycles. The van der Waals surface area contributed by atoms with Crippen LogP contribution in [0, 0.1) is 0 Å². The van der Waals surface area contributed by atoms with E-state index in [9.17, 15) is 0 Å². The van der Waals surface area contributed by atoms with Crippen LogP contribution in [0.1, 0.15) is 18.7 Å². The van der Waals surface area contributed by atoms with Crippen LogP contribution >= 0.6 is 39.1 Å². The monoisotopic (exact) mass is 391 g/mol. The molecule has 1 aliphatic rings. The predicted octanol–water partition coefficient (Wildman–Crippen LogP) is 6.25. The molecule has 0 radical (unpaired) electrons. The molecule has 0 fully saturated rings. The molecule has 0 spiro atoms. The predicted molar refractivity (Wildman–Crippen MR) is 86.4 cm³/mol. The normalized spacial score (nSPS) is 14.0. The second-order valence-corrected chi connectivity index (χ2v) is 6.31. The van der Waals surface area contributed by atoms with Crippen molar-refractivity contribution in [1.82, 2.24) is 0 Å². The number of nitrogens with one attached hydrogen (secondary N) is 1. The van der Waals surface area contributed by atoms with Gasteiger partial charge in [0.25, 0.3) is 0 Å². The third-order valence-corrected chi connectivity index (χ3v) is 4.37. The quantitative estimate of drug-likeness (QED) is 0.572. The largest absolute Gasteiger partial charge is 0.452 e. The van der Waals surface area contributed by atoms with Crippen LogP contribution < -0.4 is 5.32 Å². The molecular weight excluding hydrogens is 385 g/mol. The summed E-state index contributed by atoms with van der Waals surface area (Å²) in [5.74, 6) is 0.791. The van der Waals surface area contributed by atoms with E-state index >= 15 is 0 Å². The fourth-order valence-electron chi connectivity index (χ4n) is 1.86. The Hall–Kier alpha value is -0.820. The van der Waals surface area contributed by atoms with Crippen molar-refractivity contribution in [3.8, 4) is 0 Å². The minimum atomic E-state index is -0.0649. The molecule has 0 saturated heterocycles. The van der Waals surface area contributed by atoms with Crippen LogP contribution in [0.3, 0.4) is 0 Å². The van der Waals surface area contributed by atoms with Gasteiger partial charge in [-0.1, -0.05) is 23.2 Å². The molecule has 2 heterocycles. The standard InChI is InChI=1S/C12H8BrCl2N3OS/c1-5(8-2-3-9(13)19-8)16-10-6(14)4-7(15)11-12(10)18-20-17-11/h2-5,16H,1H3. The van der Waals surface area contributed by atoms with Gasteiger partial charge in [0.2, 0.25) is 0 Å². The van der Waals surface area contributed by atoms with Gasteiger partial charge in [0, 0.05) is 0 Å². The minimum absolute atomic E-state index is 0.0649. The van der Waals surface area contributed by atoms with Crippen LogP contribution in [0.2, 0.25) is 10.0 Å². The summed E-state index contributed by atoms with van der Waals surface area (Å²) in [6.45, 7) is 1.97. The van der Waals surface area contributed by atoms with Gasteiger partial charge in [-0.15, -0.1) is 0 Å². The van der Waals surface area contributed by atoms with Crippen LogP contribution in [0.15, 0.2) is 36.0 Å². The van der Waals surface area contributed by atoms with Crippen LogP contribution in [-0.2, 0) is 11.4 Å². The van der Waals surface area contributed by atoms with E-state index < -0.39 is 0 Å². The first-order valence-corrected chi connectivity index (χ1v) is 7.96. The molecule has 1 aliphatic heterocycles. The number of nitrogens with zero attached hydrogens (tertiary/aromatic N) is 2. The molecule has 1 N–H and O–H groups in total. The number of benzene rings is 1. The Kier molecular flexibility index (Phi) is 3.90. The van der Waals surface area contributed by atoms with Gasteiger partial charge in [0.15, 0.2) is 4.67 Å². The van der Waals surface area contributed by atoms with Crippen molar-refractivity contribution in [1.29, 1.82) is 0 Å². The zero-order valence-electron chi connectivity index (χ0n) is 10.2. The summed E-state index contributed by atoms with van der Waals surface area (Å²) in [6, 6.07) is 5.34. The number of rotatable bonds is 3. The highest BCUT2D eigenvalue weighted by molar-refractivity contribution is 9.10. The van der Waals surface area contributed by atoms with Crippen LogP contribution in [0.25, 0.3) is 0 Å². The molecule has 20 heavy (non-hydrogen) atoms. The van der Waals surface area contributed by atoms with Crippen molar-refractivity contribution >= 4 is 67.5 Å². The van der Waals surface area contributed by atoms with Crippen LogP contribution in [0.5, 0.6) is 0 Å². The molecule has 1 unspecified atom stereocenters. The number of furan rings is 1. The second-order valence-electron chi connectivity index (χ2n) is 4.18. The van der Waals surface area contributed by atoms with Crippen molar-refractivity contribution < 1.29 is 4.42 Å². The number of fused-ring (bicyclic) bond motifs is 1. The van der Waals surface area contributed by atoms with E-state index in [1.54, 1.807) is 6.07 Å². The third-order valence-electron chi connectivity index (χ3n) is 2.83. The molecule has 4 nitrogen and oxygen atoms in total. The SMILES string of the molecule is CC(Nc1c(Cl)cc(Cl)c2c1N=S=N2)c1ccc(Br)o1. The Morgan fingerprint density at radius 1 is 1.25 bits per heavy atom. The van der Waals surface area contributed by atoms with Crippen molar-refractivity contribution in [2.24, 2.45) is 8.73 Å². The van der Waals surface area contributed by atoms with Gasteiger partial charge in [0.1, 0.15) is 17.1 Å². The number of anilines is 1. The van der Waals surface area contributed by atoms with E-state index in [1.165, 1.54) is 0 Å². The van der Waals surface area contributed by atoms with E-state index in [0.29, 0.717) is 31.8 Å². The molecule has 8 heteroatoms. The van der Waals surface area contributed by atoms with E-state index in [-0.39, 0.29) is 6.04 Å². The lowest BCUT2D eigenvalue weighted by Crippen LogP contribution is -2.06. The van der Waals surface area contributed by atoms with Crippen LogP contribution in [-0.4, -0.2) is 0 Å². The van der Waals surface area contributed by atoms with Gasteiger partial charge in [-0.3, -0.25) is 0 Å². The lowest BCUT2D eigenvalue weighted by molar-refractivity contribution is 0.471. The highest BCUT2D eigenvalue weighted by Crippen LogP contribution is 2.48. The Bertz CT molecular complexity index is 755. The Balaban J connectivity index is 1.96. The van der Waals surface area contributed by atoms with E-state index in [0.717, 1.165) is 17.1 Å². The topological polar surface area (TPSA) is 49.9 Å². The summed E-state index contributed by atoms with van der Waals surface area (Å²) in [7, 11) is 0. The Labute approximate surface area is 137 Å². The maximum Gasteiger partial charge on any atom is 0.169 e. The Morgan fingerprint density at radius 2 is 2.00 bits per heavy atom. The Morgan fingerprint density at radius 3 is 2.70 bits per heavy atom. The summed E-state index contributed by atoms with van der Waals surface area (Å²) in [5, 5.41) is 4.30. The highest BCUT2D eigenvalue weighted by Gasteiger charge is 2.21. The highest BCUT2D eigenvalue weighted by atomic mass is 79.9. The van der Waals surface area contributed by atoms with Crippen molar-refractivity contribution in [2.75, 3.05) is 5.32 Å². The van der Waals surface area contributed by atoms with Crippen molar-refractivity contribution in [3.05, 3.63) is 38.7 Å². The maximum absolute atomic E-state index is 6.25. The van der Waals surface area contributed by atoms with Gasteiger partial charge >= 0.3 is 0 Å². The van der Waals surface area contributed by atoms with Gasteiger partial charge in [-0.25, -0.2) is 0 Å². The van der Waals surface area contributed by atoms with E-state index in [4.69, 9.17) is 27.6 Å². The summed E-state index contributed by atoms with van der Waals surface area (Å²) in [6.07, 6.45) is 0. The van der Waals surface area contributed by atoms with Crippen molar-refractivity contribution in [2.45, 2.75) is 13.0 Å².